The summed E-state index contributed by atoms with van der Waals surface area (Å²) in [6, 6.07) is 13.5. The van der Waals surface area contributed by atoms with Gasteiger partial charge in [0.05, 0.1) is 12.7 Å². The zero-order chi connectivity index (χ0) is 15.5. The highest BCUT2D eigenvalue weighted by Crippen LogP contribution is 2.24. The topological polar surface area (TPSA) is 39.4 Å². The van der Waals surface area contributed by atoms with E-state index in [1.54, 1.807) is 18.4 Å². The summed E-state index contributed by atoms with van der Waals surface area (Å²) in [5, 5.41) is 0.986. The van der Waals surface area contributed by atoms with Crippen molar-refractivity contribution in [1.82, 2.24) is 0 Å². The number of rotatable bonds is 4. The zero-order valence-electron chi connectivity index (χ0n) is 12.8. The van der Waals surface area contributed by atoms with E-state index in [4.69, 9.17) is 9.15 Å². The first-order valence-corrected chi connectivity index (χ1v) is 7.42. The molecule has 0 aliphatic carbocycles. The molecule has 0 bridgehead atoms. The van der Waals surface area contributed by atoms with E-state index in [2.05, 4.69) is 13.0 Å². The molecule has 0 atom stereocenters. The van der Waals surface area contributed by atoms with Crippen molar-refractivity contribution >= 4 is 16.9 Å². The van der Waals surface area contributed by atoms with Gasteiger partial charge in [0, 0.05) is 10.9 Å². The summed E-state index contributed by atoms with van der Waals surface area (Å²) in [5.41, 5.74) is 4.02. The molecular formula is C19H18O3. The normalized spacial score (nSPS) is 10.8. The van der Waals surface area contributed by atoms with Crippen LogP contribution < -0.4 is 4.74 Å². The van der Waals surface area contributed by atoms with E-state index in [9.17, 15) is 4.79 Å². The quantitative estimate of drug-likeness (QED) is 0.527. The summed E-state index contributed by atoms with van der Waals surface area (Å²) in [6.45, 7) is 4.10. The Morgan fingerprint density at radius 1 is 1.14 bits per heavy atom. The number of esters is 1. The monoisotopic (exact) mass is 294 g/mol. The zero-order valence-corrected chi connectivity index (χ0v) is 12.8. The summed E-state index contributed by atoms with van der Waals surface area (Å²) < 4.78 is 10.9. The molecule has 0 N–H and O–H groups in total. The molecule has 22 heavy (non-hydrogen) atoms. The fraction of sp³-hybridized carbons (Fsp3) is 0.211. The smallest absolute Gasteiger partial charge is 0.315 e. The van der Waals surface area contributed by atoms with E-state index in [0.717, 1.165) is 28.5 Å². The maximum Gasteiger partial charge on any atom is 0.315 e. The molecular weight excluding hydrogens is 276 g/mol. The number of hydrogen-bond donors (Lipinski definition) is 0. The van der Waals surface area contributed by atoms with Crippen LogP contribution in [0.3, 0.4) is 0 Å². The van der Waals surface area contributed by atoms with Crippen LogP contribution in [0.25, 0.3) is 11.0 Å². The molecule has 0 aliphatic heterocycles. The molecule has 3 rings (SSSR count). The summed E-state index contributed by atoms with van der Waals surface area (Å²) in [7, 11) is 0. The third-order valence-corrected chi connectivity index (χ3v) is 3.71. The SMILES string of the molecule is CCc1ccc2occ(CC(=O)Oc3ccc(C)cc3)c2c1. The van der Waals surface area contributed by atoms with Gasteiger partial charge in [-0.05, 0) is 43.2 Å². The van der Waals surface area contributed by atoms with Crippen molar-refractivity contribution in [3.63, 3.8) is 0 Å². The first kappa shape index (κ1) is 14.4. The van der Waals surface area contributed by atoms with Crippen LogP contribution in [0.5, 0.6) is 5.75 Å². The van der Waals surface area contributed by atoms with Crippen molar-refractivity contribution in [1.29, 1.82) is 0 Å². The Kier molecular flexibility index (Phi) is 3.96. The van der Waals surface area contributed by atoms with E-state index in [1.807, 2.05) is 31.2 Å². The number of furan rings is 1. The minimum atomic E-state index is -0.284. The number of carbonyl (C=O) groups excluding carboxylic acids is 1. The lowest BCUT2D eigenvalue weighted by Crippen LogP contribution is -2.10. The molecule has 0 saturated carbocycles. The summed E-state index contributed by atoms with van der Waals surface area (Å²) in [5.74, 6) is 0.283. The van der Waals surface area contributed by atoms with Crippen molar-refractivity contribution in [3.8, 4) is 5.75 Å². The number of aryl methyl sites for hydroxylation is 2. The molecule has 3 nitrogen and oxygen atoms in total. The molecule has 0 aliphatic rings. The van der Waals surface area contributed by atoms with E-state index >= 15 is 0 Å². The Hall–Kier alpha value is -2.55. The maximum atomic E-state index is 12.1. The maximum absolute atomic E-state index is 12.1. The Bertz CT molecular complexity index is 797. The lowest BCUT2D eigenvalue weighted by Gasteiger charge is -2.04. The van der Waals surface area contributed by atoms with Crippen molar-refractivity contribution in [2.24, 2.45) is 0 Å². The van der Waals surface area contributed by atoms with Crippen LogP contribution in [0, 0.1) is 6.92 Å². The minimum absolute atomic E-state index is 0.202. The molecule has 0 unspecified atom stereocenters. The molecule has 2 aromatic carbocycles. The average Bonchev–Trinajstić information content (AvgIpc) is 2.91. The van der Waals surface area contributed by atoms with Crippen LogP contribution in [-0.4, -0.2) is 5.97 Å². The van der Waals surface area contributed by atoms with Gasteiger partial charge in [-0.15, -0.1) is 0 Å². The van der Waals surface area contributed by atoms with Gasteiger partial charge >= 0.3 is 5.97 Å². The second kappa shape index (κ2) is 6.06. The molecule has 112 valence electrons. The standard InChI is InChI=1S/C19H18O3/c1-3-14-6-9-18-17(10-14)15(12-21-18)11-19(20)22-16-7-4-13(2)5-8-16/h4-10,12H,3,11H2,1-2H3. The first-order chi connectivity index (χ1) is 10.7. The molecule has 0 spiro atoms. The number of benzene rings is 2. The largest absolute Gasteiger partial charge is 0.464 e. The third-order valence-electron chi connectivity index (χ3n) is 3.71. The van der Waals surface area contributed by atoms with E-state index in [1.165, 1.54) is 5.56 Å². The van der Waals surface area contributed by atoms with Crippen molar-refractivity contribution in [2.75, 3.05) is 0 Å². The van der Waals surface area contributed by atoms with Gasteiger partial charge in [0.15, 0.2) is 0 Å². The Morgan fingerprint density at radius 3 is 2.64 bits per heavy atom. The minimum Gasteiger partial charge on any atom is -0.464 e. The molecule has 3 heteroatoms. The Morgan fingerprint density at radius 2 is 1.91 bits per heavy atom. The number of carbonyl (C=O) groups is 1. The fourth-order valence-corrected chi connectivity index (χ4v) is 2.42. The molecule has 3 aromatic rings. The van der Waals surface area contributed by atoms with E-state index < -0.39 is 0 Å². The van der Waals surface area contributed by atoms with Gasteiger partial charge in [-0.25, -0.2) is 0 Å². The fourth-order valence-electron chi connectivity index (χ4n) is 2.42. The summed E-state index contributed by atoms with van der Waals surface area (Å²) >= 11 is 0. The molecule has 1 aromatic heterocycles. The van der Waals surface area contributed by atoms with Crippen LogP contribution in [-0.2, 0) is 17.6 Å². The number of ether oxygens (including phenoxy) is 1. The van der Waals surface area contributed by atoms with Crippen LogP contribution in [0.15, 0.2) is 53.1 Å². The highest BCUT2D eigenvalue weighted by molar-refractivity contribution is 5.86. The van der Waals surface area contributed by atoms with Gasteiger partial charge in [-0.2, -0.15) is 0 Å². The lowest BCUT2D eigenvalue weighted by atomic mass is 10.1. The van der Waals surface area contributed by atoms with Gasteiger partial charge < -0.3 is 9.15 Å². The number of fused-ring (bicyclic) bond motifs is 1. The molecule has 0 amide bonds. The van der Waals surface area contributed by atoms with Gasteiger partial charge in [0.1, 0.15) is 11.3 Å². The second-order valence-corrected chi connectivity index (χ2v) is 5.41. The van der Waals surface area contributed by atoms with Crippen molar-refractivity contribution in [3.05, 3.63) is 65.4 Å². The van der Waals surface area contributed by atoms with E-state index in [-0.39, 0.29) is 12.4 Å². The predicted molar refractivity (Wildman–Crippen MR) is 86.1 cm³/mol. The van der Waals surface area contributed by atoms with Crippen molar-refractivity contribution < 1.29 is 13.9 Å². The predicted octanol–water partition coefficient (Wildman–Crippen LogP) is 4.45. The van der Waals surface area contributed by atoms with Gasteiger partial charge in [0.25, 0.3) is 0 Å². The Labute approximate surface area is 129 Å². The van der Waals surface area contributed by atoms with E-state index in [0.29, 0.717) is 5.75 Å². The average molecular weight is 294 g/mol. The molecule has 0 radical (unpaired) electrons. The highest BCUT2D eigenvalue weighted by Gasteiger charge is 2.12. The second-order valence-electron chi connectivity index (χ2n) is 5.41. The van der Waals surface area contributed by atoms with Gasteiger partial charge in [-0.1, -0.05) is 30.7 Å². The van der Waals surface area contributed by atoms with Crippen molar-refractivity contribution in [2.45, 2.75) is 26.7 Å². The molecule has 0 saturated heterocycles. The van der Waals surface area contributed by atoms with Crippen LogP contribution in [0.1, 0.15) is 23.6 Å². The van der Waals surface area contributed by atoms with Gasteiger partial charge in [-0.3, -0.25) is 4.79 Å². The molecule has 1 heterocycles. The van der Waals surface area contributed by atoms with Crippen LogP contribution in [0.4, 0.5) is 0 Å². The number of hydrogen-bond acceptors (Lipinski definition) is 3. The Balaban J connectivity index is 1.77. The third kappa shape index (κ3) is 3.03. The summed E-state index contributed by atoms with van der Waals surface area (Å²) in [6.07, 6.45) is 2.79. The first-order valence-electron chi connectivity index (χ1n) is 7.42. The van der Waals surface area contributed by atoms with Gasteiger partial charge in [0.2, 0.25) is 0 Å². The molecule has 0 fully saturated rings. The summed E-state index contributed by atoms with van der Waals surface area (Å²) in [4.78, 5) is 12.1. The van der Waals surface area contributed by atoms with Crippen LogP contribution >= 0.6 is 0 Å². The highest BCUT2D eigenvalue weighted by atomic mass is 16.5. The lowest BCUT2D eigenvalue weighted by molar-refractivity contribution is -0.133. The van der Waals surface area contributed by atoms with Crippen LogP contribution in [0.2, 0.25) is 0 Å².